The normalized spacial score (nSPS) is 22.0. The number of nitrogens with two attached hydrogens (primary N) is 1. The Balaban J connectivity index is 2.17. The predicted octanol–water partition coefficient (Wildman–Crippen LogP) is 1.14. The summed E-state index contributed by atoms with van der Waals surface area (Å²) in [4.78, 5) is 22.6. The number of rotatable bonds is 8. The van der Waals surface area contributed by atoms with Crippen molar-refractivity contribution in [2.75, 3.05) is 14.2 Å². The summed E-state index contributed by atoms with van der Waals surface area (Å²) in [5.74, 6) is -2.15. The molecule has 0 saturated heterocycles. The van der Waals surface area contributed by atoms with Crippen LogP contribution in [0.2, 0.25) is 0 Å². The topological polar surface area (TPSA) is 119 Å². The van der Waals surface area contributed by atoms with Crippen molar-refractivity contribution in [3.05, 3.63) is 23.8 Å². The van der Waals surface area contributed by atoms with Crippen molar-refractivity contribution in [1.82, 2.24) is 0 Å². The van der Waals surface area contributed by atoms with Gasteiger partial charge in [-0.3, -0.25) is 9.59 Å². The smallest absolute Gasteiger partial charge is 0.324 e. The Morgan fingerprint density at radius 1 is 1.30 bits per heavy atom. The van der Waals surface area contributed by atoms with Gasteiger partial charge in [0.15, 0.2) is 0 Å². The minimum atomic E-state index is -1.56. The summed E-state index contributed by atoms with van der Waals surface area (Å²) in [6.45, 7) is 0. The van der Waals surface area contributed by atoms with E-state index in [1.807, 2.05) is 0 Å². The number of methoxy groups -OCH3 is 2. The van der Waals surface area contributed by atoms with E-state index in [0.717, 1.165) is 5.56 Å². The van der Waals surface area contributed by atoms with E-state index < -0.39 is 29.3 Å². The van der Waals surface area contributed by atoms with Crippen molar-refractivity contribution in [3.8, 4) is 11.5 Å². The molecule has 1 aromatic rings. The highest BCUT2D eigenvalue weighted by molar-refractivity contribution is 5.83. The molecule has 1 fully saturated rings. The first-order chi connectivity index (χ1) is 10.8. The van der Waals surface area contributed by atoms with Crippen LogP contribution in [0.3, 0.4) is 0 Å². The lowest BCUT2D eigenvalue weighted by Crippen LogP contribution is -2.51. The van der Waals surface area contributed by atoms with Gasteiger partial charge in [-0.1, -0.05) is 0 Å². The predicted molar refractivity (Wildman–Crippen MR) is 81.7 cm³/mol. The van der Waals surface area contributed by atoms with Crippen LogP contribution in [-0.4, -0.2) is 41.9 Å². The first-order valence-electron chi connectivity index (χ1n) is 7.29. The van der Waals surface area contributed by atoms with Crippen LogP contribution in [0.1, 0.15) is 18.4 Å². The van der Waals surface area contributed by atoms with Crippen molar-refractivity contribution < 1.29 is 29.3 Å². The number of carbonyl (C=O) groups is 2. The number of carboxylic acids is 2. The second-order valence-corrected chi connectivity index (χ2v) is 5.81. The molecule has 0 bridgehead atoms. The van der Waals surface area contributed by atoms with Crippen molar-refractivity contribution in [1.29, 1.82) is 0 Å². The molecule has 7 heteroatoms. The lowest BCUT2D eigenvalue weighted by atomic mass is 9.86. The summed E-state index contributed by atoms with van der Waals surface area (Å²) < 4.78 is 10.4. The van der Waals surface area contributed by atoms with Gasteiger partial charge in [0.25, 0.3) is 0 Å². The number of carboxylic acid groups (broad SMARTS) is 2. The van der Waals surface area contributed by atoms with Gasteiger partial charge in [0.05, 0.1) is 20.1 Å². The maximum absolute atomic E-state index is 11.6. The maximum Gasteiger partial charge on any atom is 0.324 e. The fraction of sp³-hybridized carbons (Fsp3) is 0.500. The molecule has 126 valence electrons. The summed E-state index contributed by atoms with van der Waals surface area (Å²) in [6.07, 6.45) is 0.777. The molecule has 0 amide bonds. The van der Waals surface area contributed by atoms with E-state index in [-0.39, 0.29) is 6.42 Å². The first-order valence-corrected chi connectivity index (χ1v) is 7.29. The zero-order valence-corrected chi connectivity index (χ0v) is 13.1. The van der Waals surface area contributed by atoms with Gasteiger partial charge in [-0.25, -0.2) is 0 Å². The Labute approximate surface area is 134 Å². The van der Waals surface area contributed by atoms with E-state index in [0.29, 0.717) is 24.3 Å². The lowest BCUT2D eigenvalue weighted by Gasteiger charge is -2.25. The van der Waals surface area contributed by atoms with Crippen molar-refractivity contribution >= 4 is 11.9 Å². The third-order valence-electron chi connectivity index (χ3n) is 4.46. The van der Waals surface area contributed by atoms with E-state index in [2.05, 4.69) is 0 Å². The zero-order chi connectivity index (χ0) is 17.2. The molecule has 1 aromatic carbocycles. The standard InChI is InChI=1S/C16H21NO6/c1-22-10-3-4-13(23-2)9(7-10)5-6-16(17,15(20)21)12-8-11(12)14(18)19/h3-4,7,11-12H,5-6,8,17H2,1-2H3,(H,18,19)(H,20,21). The van der Waals surface area contributed by atoms with Gasteiger partial charge >= 0.3 is 11.9 Å². The fourth-order valence-corrected chi connectivity index (χ4v) is 2.91. The van der Waals surface area contributed by atoms with Gasteiger partial charge in [0, 0.05) is 5.92 Å². The molecule has 1 aliphatic rings. The zero-order valence-electron chi connectivity index (χ0n) is 13.1. The van der Waals surface area contributed by atoms with Gasteiger partial charge in [0.2, 0.25) is 0 Å². The van der Waals surface area contributed by atoms with Gasteiger partial charge in [-0.05, 0) is 43.0 Å². The Morgan fingerprint density at radius 3 is 2.48 bits per heavy atom. The van der Waals surface area contributed by atoms with Crippen LogP contribution in [0, 0.1) is 11.8 Å². The molecule has 4 N–H and O–H groups in total. The second-order valence-electron chi connectivity index (χ2n) is 5.81. The van der Waals surface area contributed by atoms with Crippen LogP contribution in [0.15, 0.2) is 18.2 Å². The molecule has 23 heavy (non-hydrogen) atoms. The molecular formula is C16H21NO6. The van der Waals surface area contributed by atoms with E-state index in [4.69, 9.17) is 20.3 Å². The highest BCUT2D eigenvalue weighted by Crippen LogP contribution is 2.47. The number of hydrogen-bond acceptors (Lipinski definition) is 5. The molecule has 0 aromatic heterocycles. The largest absolute Gasteiger partial charge is 0.497 e. The van der Waals surface area contributed by atoms with Crippen LogP contribution in [-0.2, 0) is 16.0 Å². The third-order valence-corrected chi connectivity index (χ3v) is 4.46. The van der Waals surface area contributed by atoms with E-state index in [9.17, 15) is 14.7 Å². The molecule has 0 heterocycles. The van der Waals surface area contributed by atoms with Crippen LogP contribution < -0.4 is 15.2 Å². The first kappa shape index (κ1) is 17.1. The summed E-state index contributed by atoms with van der Waals surface area (Å²) >= 11 is 0. The van der Waals surface area contributed by atoms with Crippen molar-refractivity contribution in [2.45, 2.75) is 24.8 Å². The summed E-state index contributed by atoms with van der Waals surface area (Å²) in [7, 11) is 3.07. The molecule has 0 aliphatic heterocycles. The molecule has 3 atom stereocenters. The molecule has 1 saturated carbocycles. The van der Waals surface area contributed by atoms with Gasteiger partial charge in [0.1, 0.15) is 17.0 Å². The number of hydrogen-bond donors (Lipinski definition) is 3. The number of benzene rings is 1. The molecular weight excluding hydrogens is 302 g/mol. The highest BCUT2D eigenvalue weighted by Gasteiger charge is 2.58. The number of aryl methyl sites for hydroxylation is 1. The Morgan fingerprint density at radius 2 is 2.00 bits per heavy atom. The van der Waals surface area contributed by atoms with Gasteiger partial charge in [-0.2, -0.15) is 0 Å². The van der Waals surface area contributed by atoms with Crippen LogP contribution in [0.25, 0.3) is 0 Å². The molecule has 3 unspecified atom stereocenters. The fourth-order valence-electron chi connectivity index (χ4n) is 2.91. The average molecular weight is 323 g/mol. The summed E-state index contributed by atoms with van der Waals surface area (Å²) in [6, 6.07) is 5.25. The van der Waals surface area contributed by atoms with E-state index in [1.165, 1.54) is 14.2 Å². The van der Waals surface area contributed by atoms with Crippen molar-refractivity contribution in [2.24, 2.45) is 17.6 Å². The molecule has 1 aliphatic carbocycles. The summed E-state index contributed by atoms with van der Waals surface area (Å²) in [5, 5.41) is 18.5. The summed E-state index contributed by atoms with van der Waals surface area (Å²) in [5.41, 5.74) is 5.26. The van der Waals surface area contributed by atoms with Gasteiger partial charge < -0.3 is 25.4 Å². The van der Waals surface area contributed by atoms with Crippen LogP contribution in [0.5, 0.6) is 11.5 Å². The maximum atomic E-state index is 11.6. The quantitative estimate of drug-likeness (QED) is 0.656. The Bertz CT molecular complexity index is 617. The number of ether oxygens (including phenoxy) is 2. The second kappa shape index (κ2) is 6.45. The average Bonchev–Trinajstić information content (AvgIpc) is 3.33. The van der Waals surface area contributed by atoms with Crippen molar-refractivity contribution in [3.63, 3.8) is 0 Å². The Hall–Kier alpha value is -2.28. The van der Waals surface area contributed by atoms with Gasteiger partial charge in [-0.15, -0.1) is 0 Å². The Kier molecular flexibility index (Phi) is 4.79. The third kappa shape index (κ3) is 3.39. The lowest BCUT2D eigenvalue weighted by molar-refractivity contribution is -0.145. The SMILES string of the molecule is COc1ccc(OC)c(CCC(N)(C(=O)O)C2CC2C(=O)O)c1. The minimum Gasteiger partial charge on any atom is -0.497 e. The van der Waals surface area contributed by atoms with Crippen LogP contribution >= 0.6 is 0 Å². The minimum absolute atomic E-state index is 0.125. The number of aliphatic carboxylic acids is 2. The van der Waals surface area contributed by atoms with E-state index >= 15 is 0 Å². The molecule has 0 spiro atoms. The molecule has 2 rings (SSSR count). The van der Waals surface area contributed by atoms with Crippen LogP contribution in [0.4, 0.5) is 0 Å². The molecule has 0 radical (unpaired) electrons. The monoisotopic (exact) mass is 323 g/mol. The molecule has 7 nitrogen and oxygen atoms in total. The highest BCUT2D eigenvalue weighted by atomic mass is 16.5. The van der Waals surface area contributed by atoms with E-state index in [1.54, 1.807) is 18.2 Å².